The van der Waals surface area contributed by atoms with E-state index in [1.807, 2.05) is 0 Å². The van der Waals surface area contributed by atoms with Crippen molar-refractivity contribution < 1.29 is 22.0 Å². The van der Waals surface area contributed by atoms with Crippen molar-refractivity contribution in [2.75, 3.05) is 12.0 Å². The molecule has 2 N–H and O–H groups in total. The maximum absolute atomic E-state index is 13.2. The number of hydrogen-bond acceptors (Lipinski definition) is 4. The van der Waals surface area contributed by atoms with Gasteiger partial charge in [0.15, 0.2) is 27.3 Å². The third kappa shape index (κ3) is 3.25. The lowest BCUT2D eigenvalue weighted by Gasteiger charge is -2.06. The summed E-state index contributed by atoms with van der Waals surface area (Å²) in [7, 11) is -3.54. The summed E-state index contributed by atoms with van der Waals surface area (Å²) in [6.45, 7) is 0. The van der Waals surface area contributed by atoms with Crippen molar-refractivity contribution >= 4 is 21.3 Å². The lowest BCUT2D eigenvalue weighted by molar-refractivity contribution is 0.103. The molecule has 4 nitrogen and oxygen atoms in total. The molecule has 110 valence electrons. The number of nitrogens with two attached hydrogens (primary N) is 1. The van der Waals surface area contributed by atoms with E-state index in [0.29, 0.717) is 0 Å². The van der Waals surface area contributed by atoms with E-state index >= 15 is 0 Å². The van der Waals surface area contributed by atoms with E-state index < -0.39 is 27.3 Å². The molecule has 0 bridgehead atoms. The summed E-state index contributed by atoms with van der Waals surface area (Å²) in [5.74, 6) is -2.88. The lowest BCUT2D eigenvalue weighted by Crippen LogP contribution is -2.06. The number of carbonyl (C=O) groups excluding carboxylic acids is 1. The smallest absolute Gasteiger partial charge is 0.193 e. The van der Waals surface area contributed by atoms with Crippen LogP contribution < -0.4 is 5.73 Å². The van der Waals surface area contributed by atoms with E-state index in [4.69, 9.17) is 5.73 Å². The van der Waals surface area contributed by atoms with Crippen molar-refractivity contribution in [2.45, 2.75) is 4.90 Å². The van der Waals surface area contributed by atoms with Crippen LogP contribution in [-0.2, 0) is 9.84 Å². The average Bonchev–Trinajstić information content (AvgIpc) is 2.39. The molecule has 2 aromatic rings. The number of nitrogen functional groups attached to an aromatic ring is 1. The predicted octanol–water partition coefficient (Wildman–Crippen LogP) is 2.18. The highest BCUT2D eigenvalue weighted by atomic mass is 32.2. The van der Waals surface area contributed by atoms with Crippen LogP contribution in [0.5, 0.6) is 0 Å². The first-order valence-corrected chi connectivity index (χ1v) is 7.68. The summed E-state index contributed by atoms with van der Waals surface area (Å²) in [5, 5.41) is 0. The molecule has 0 heterocycles. The van der Waals surface area contributed by atoms with Crippen LogP contribution in [0.4, 0.5) is 14.5 Å². The van der Waals surface area contributed by atoms with E-state index in [9.17, 15) is 22.0 Å². The first-order chi connectivity index (χ1) is 9.68. The fourth-order valence-corrected chi connectivity index (χ4v) is 2.46. The summed E-state index contributed by atoms with van der Waals surface area (Å²) < 4.78 is 49.1. The first-order valence-electron chi connectivity index (χ1n) is 5.79. The van der Waals surface area contributed by atoms with Crippen LogP contribution in [0.1, 0.15) is 15.9 Å². The number of anilines is 1. The third-order valence-corrected chi connectivity index (χ3v) is 3.89. The number of ketones is 1. The molecule has 0 unspecified atom stereocenters. The van der Waals surface area contributed by atoms with E-state index in [1.165, 1.54) is 12.1 Å². The Morgan fingerprint density at radius 3 is 2.24 bits per heavy atom. The number of rotatable bonds is 3. The molecular formula is C14H11F2NO3S. The fourth-order valence-electron chi connectivity index (χ4n) is 1.77. The number of halogens is 2. The molecule has 0 atom stereocenters. The highest BCUT2D eigenvalue weighted by molar-refractivity contribution is 7.90. The quantitative estimate of drug-likeness (QED) is 0.696. The van der Waals surface area contributed by atoms with Crippen molar-refractivity contribution in [1.82, 2.24) is 0 Å². The zero-order valence-electron chi connectivity index (χ0n) is 10.9. The molecule has 7 heteroatoms. The van der Waals surface area contributed by atoms with Crippen molar-refractivity contribution in [1.29, 1.82) is 0 Å². The largest absolute Gasteiger partial charge is 0.399 e. The SMILES string of the molecule is CS(=O)(=O)c1cc(N)cc(C(=O)c2ccc(F)c(F)c2)c1. The van der Waals surface area contributed by atoms with Gasteiger partial charge in [-0.3, -0.25) is 4.79 Å². The number of benzene rings is 2. The molecule has 0 aliphatic rings. The van der Waals surface area contributed by atoms with Crippen LogP contribution in [0.15, 0.2) is 41.3 Å². The zero-order chi connectivity index (χ0) is 15.8. The monoisotopic (exact) mass is 311 g/mol. The highest BCUT2D eigenvalue weighted by Crippen LogP contribution is 2.20. The Labute approximate surface area is 120 Å². The molecular weight excluding hydrogens is 300 g/mol. The second-order valence-electron chi connectivity index (χ2n) is 4.52. The Morgan fingerprint density at radius 1 is 1.00 bits per heavy atom. The second-order valence-corrected chi connectivity index (χ2v) is 6.54. The third-order valence-electron chi connectivity index (χ3n) is 2.80. The Morgan fingerprint density at radius 2 is 1.67 bits per heavy atom. The molecule has 21 heavy (non-hydrogen) atoms. The molecule has 0 radical (unpaired) electrons. The summed E-state index contributed by atoms with van der Waals surface area (Å²) in [5.41, 5.74) is 5.55. The maximum Gasteiger partial charge on any atom is 0.193 e. The van der Waals surface area contributed by atoms with Gasteiger partial charge in [-0.1, -0.05) is 0 Å². The van der Waals surface area contributed by atoms with Gasteiger partial charge in [0.25, 0.3) is 0 Å². The molecule has 0 saturated heterocycles. The van der Waals surface area contributed by atoms with Crippen molar-refractivity contribution in [3.8, 4) is 0 Å². The lowest BCUT2D eigenvalue weighted by atomic mass is 10.0. The molecule has 0 spiro atoms. The number of sulfone groups is 1. The molecule has 0 aliphatic carbocycles. The topological polar surface area (TPSA) is 77.2 Å². The van der Waals surface area contributed by atoms with E-state index in [1.54, 1.807) is 0 Å². The van der Waals surface area contributed by atoms with Crippen LogP contribution in [0, 0.1) is 11.6 Å². The van der Waals surface area contributed by atoms with Crippen LogP contribution in [0.2, 0.25) is 0 Å². The summed E-state index contributed by atoms with van der Waals surface area (Å²) in [6.07, 6.45) is 0.980. The number of hydrogen-bond donors (Lipinski definition) is 1. The second kappa shape index (κ2) is 5.25. The van der Waals surface area contributed by atoms with Gasteiger partial charge in [0.05, 0.1) is 4.90 Å². The minimum Gasteiger partial charge on any atom is -0.399 e. The molecule has 0 saturated carbocycles. The molecule has 2 aromatic carbocycles. The Kier molecular flexibility index (Phi) is 3.78. The minimum atomic E-state index is -3.54. The molecule has 0 aromatic heterocycles. The van der Waals surface area contributed by atoms with Gasteiger partial charge >= 0.3 is 0 Å². The summed E-state index contributed by atoms with van der Waals surface area (Å²) in [6, 6.07) is 6.34. The van der Waals surface area contributed by atoms with Gasteiger partial charge < -0.3 is 5.73 Å². The van der Waals surface area contributed by atoms with Gasteiger partial charge in [-0.15, -0.1) is 0 Å². The standard InChI is InChI=1S/C14H11F2NO3S/c1-21(19,20)11-5-9(4-10(17)7-11)14(18)8-2-3-12(15)13(16)6-8/h2-7H,17H2,1H3. The molecule has 0 amide bonds. The van der Waals surface area contributed by atoms with Gasteiger partial charge in [0, 0.05) is 23.1 Å². The van der Waals surface area contributed by atoms with E-state index in [-0.39, 0.29) is 21.7 Å². The van der Waals surface area contributed by atoms with Crippen molar-refractivity contribution in [2.24, 2.45) is 0 Å². The van der Waals surface area contributed by atoms with Gasteiger partial charge in [-0.25, -0.2) is 17.2 Å². The zero-order valence-corrected chi connectivity index (χ0v) is 11.7. The van der Waals surface area contributed by atoms with Gasteiger partial charge in [-0.05, 0) is 36.4 Å². The van der Waals surface area contributed by atoms with Gasteiger partial charge in [-0.2, -0.15) is 0 Å². The Balaban J connectivity index is 2.53. The van der Waals surface area contributed by atoms with Crippen LogP contribution >= 0.6 is 0 Å². The van der Waals surface area contributed by atoms with E-state index in [2.05, 4.69) is 0 Å². The predicted molar refractivity (Wildman–Crippen MR) is 73.8 cm³/mol. The molecule has 0 aliphatic heterocycles. The molecule has 2 rings (SSSR count). The van der Waals surface area contributed by atoms with Crippen molar-refractivity contribution in [3.05, 3.63) is 59.2 Å². The normalized spacial score (nSPS) is 11.4. The first kappa shape index (κ1) is 15.1. The van der Waals surface area contributed by atoms with Gasteiger partial charge in [0.2, 0.25) is 0 Å². The van der Waals surface area contributed by atoms with Crippen molar-refractivity contribution in [3.63, 3.8) is 0 Å². The molecule has 0 fully saturated rings. The Hall–Kier alpha value is -2.28. The average molecular weight is 311 g/mol. The van der Waals surface area contributed by atoms with Crippen LogP contribution in [-0.4, -0.2) is 20.5 Å². The fraction of sp³-hybridized carbons (Fsp3) is 0.0714. The minimum absolute atomic E-state index is 0.0126. The van der Waals surface area contributed by atoms with Crippen LogP contribution in [0.3, 0.4) is 0 Å². The highest BCUT2D eigenvalue weighted by Gasteiger charge is 2.16. The number of carbonyl (C=O) groups is 1. The summed E-state index contributed by atoms with van der Waals surface area (Å²) >= 11 is 0. The van der Waals surface area contributed by atoms with Gasteiger partial charge in [0.1, 0.15) is 0 Å². The maximum atomic E-state index is 13.2. The van der Waals surface area contributed by atoms with Crippen LogP contribution in [0.25, 0.3) is 0 Å². The van der Waals surface area contributed by atoms with E-state index in [0.717, 1.165) is 30.5 Å². The Bertz CT molecular complexity index is 832. The summed E-state index contributed by atoms with van der Waals surface area (Å²) in [4.78, 5) is 12.1.